The van der Waals surface area contributed by atoms with Gasteiger partial charge in [0.2, 0.25) is 0 Å². The van der Waals surface area contributed by atoms with Crippen molar-refractivity contribution in [2.75, 3.05) is 19.0 Å². The number of rotatable bonds is 7. The Morgan fingerprint density at radius 3 is 2.68 bits per heavy atom. The van der Waals surface area contributed by atoms with Crippen LogP contribution < -0.4 is 10.0 Å². The van der Waals surface area contributed by atoms with Gasteiger partial charge < -0.3 is 0 Å². The van der Waals surface area contributed by atoms with Crippen LogP contribution in [0.2, 0.25) is 10.0 Å². The molecule has 0 saturated carbocycles. The molecular weight excluding hydrogens is 409 g/mol. The van der Waals surface area contributed by atoms with E-state index in [9.17, 15) is 13.2 Å². The lowest BCUT2D eigenvalue weighted by Crippen LogP contribution is -2.27. The highest BCUT2D eigenvalue weighted by Crippen LogP contribution is 2.28. The third-order valence-electron chi connectivity index (χ3n) is 3.08. The summed E-state index contributed by atoms with van der Waals surface area (Å²) in [6, 6.07) is 5.36. The molecule has 1 aromatic heterocycles. The van der Waals surface area contributed by atoms with Crippen LogP contribution in [0.3, 0.4) is 0 Å². The SMILES string of the molecule is CNS(=O)(=O)OCC(=O)Nc1nc(C)c(Cc2ccc(Cl)c(Cl)c2)s1. The molecule has 2 rings (SSSR count). The van der Waals surface area contributed by atoms with E-state index in [1.54, 1.807) is 12.1 Å². The van der Waals surface area contributed by atoms with Gasteiger partial charge in [0.1, 0.15) is 6.61 Å². The second-order valence-corrected chi connectivity index (χ2v) is 8.37. The fraction of sp³-hybridized carbons (Fsp3) is 0.286. The van der Waals surface area contributed by atoms with Gasteiger partial charge in [-0.1, -0.05) is 29.3 Å². The van der Waals surface area contributed by atoms with Crippen LogP contribution >= 0.6 is 34.5 Å². The van der Waals surface area contributed by atoms with Crippen molar-refractivity contribution in [2.24, 2.45) is 0 Å². The van der Waals surface area contributed by atoms with E-state index in [0.717, 1.165) is 16.1 Å². The summed E-state index contributed by atoms with van der Waals surface area (Å²) < 4.78 is 28.7. The van der Waals surface area contributed by atoms with E-state index in [1.165, 1.54) is 18.4 Å². The number of aromatic nitrogens is 1. The summed E-state index contributed by atoms with van der Waals surface area (Å²) in [5, 5.41) is 3.83. The van der Waals surface area contributed by atoms with Gasteiger partial charge in [0, 0.05) is 18.3 Å². The maximum atomic E-state index is 11.7. The first-order valence-corrected chi connectivity index (χ1v) is 9.96. The van der Waals surface area contributed by atoms with Crippen LogP contribution in [0.25, 0.3) is 0 Å². The van der Waals surface area contributed by atoms with E-state index in [0.29, 0.717) is 21.6 Å². The molecule has 2 N–H and O–H groups in total. The first-order valence-electron chi connectivity index (χ1n) is 6.98. The van der Waals surface area contributed by atoms with Crippen molar-refractivity contribution < 1.29 is 17.4 Å². The Morgan fingerprint density at radius 1 is 1.32 bits per heavy atom. The molecule has 0 bridgehead atoms. The number of hydrogen-bond donors (Lipinski definition) is 2. The Balaban J connectivity index is 2.01. The third-order valence-corrected chi connectivity index (χ3v) is 5.82. The average Bonchev–Trinajstić information content (AvgIpc) is 2.88. The molecule has 2 aromatic rings. The predicted octanol–water partition coefficient (Wildman–Crippen LogP) is 2.77. The van der Waals surface area contributed by atoms with Crippen LogP contribution in [0.5, 0.6) is 0 Å². The second kappa shape index (κ2) is 8.43. The number of benzene rings is 1. The molecule has 1 amide bonds. The number of thiazole rings is 1. The highest BCUT2D eigenvalue weighted by Gasteiger charge is 2.14. The Hall–Kier alpha value is -1.23. The summed E-state index contributed by atoms with van der Waals surface area (Å²) in [6.45, 7) is 1.19. The zero-order valence-electron chi connectivity index (χ0n) is 13.3. The highest BCUT2D eigenvalue weighted by molar-refractivity contribution is 7.84. The molecule has 0 atom stereocenters. The highest BCUT2D eigenvalue weighted by atomic mass is 35.5. The third kappa shape index (κ3) is 5.91. The maximum Gasteiger partial charge on any atom is 0.336 e. The quantitative estimate of drug-likeness (QED) is 0.713. The molecular formula is C14H15Cl2N3O4S2. The van der Waals surface area contributed by atoms with Crippen LogP contribution in [0, 0.1) is 6.92 Å². The fourth-order valence-corrected chi connectivity index (χ4v) is 3.54. The van der Waals surface area contributed by atoms with Crippen LogP contribution in [-0.4, -0.2) is 33.0 Å². The first-order chi connectivity index (χ1) is 11.7. The van der Waals surface area contributed by atoms with Crippen molar-refractivity contribution in [3.8, 4) is 0 Å². The predicted molar refractivity (Wildman–Crippen MR) is 98.7 cm³/mol. The van der Waals surface area contributed by atoms with Crippen LogP contribution in [0.4, 0.5) is 5.13 Å². The molecule has 1 heterocycles. The fourth-order valence-electron chi connectivity index (χ4n) is 1.83. The summed E-state index contributed by atoms with van der Waals surface area (Å²) in [5.74, 6) is -0.617. The van der Waals surface area contributed by atoms with E-state index in [4.69, 9.17) is 23.2 Å². The Kier molecular flexibility index (Phi) is 6.78. The molecule has 25 heavy (non-hydrogen) atoms. The molecule has 0 aliphatic carbocycles. The first kappa shape index (κ1) is 20.1. The molecule has 11 heteroatoms. The minimum absolute atomic E-state index is 0.364. The van der Waals surface area contributed by atoms with Crippen LogP contribution in [-0.2, 0) is 25.7 Å². The molecule has 0 radical (unpaired) electrons. The molecule has 0 saturated heterocycles. The van der Waals surface area contributed by atoms with Crippen LogP contribution in [0.15, 0.2) is 18.2 Å². The van der Waals surface area contributed by atoms with Crippen molar-refractivity contribution >= 4 is 55.9 Å². The van der Waals surface area contributed by atoms with Crippen molar-refractivity contribution in [3.63, 3.8) is 0 Å². The van der Waals surface area contributed by atoms with Crippen molar-refractivity contribution in [1.29, 1.82) is 0 Å². The maximum absolute atomic E-state index is 11.7. The smallest absolute Gasteiger partial charge is 0.300 e. The largest absolute Gasteiger partial charge is 0.336 e. The zero-order chi connectivity index (χ0) is 18.6. The number of hydrogen-bond acceptors (Lipinski definition) is 6. The van der Waals surface area contributed by atoms with Gasteiger partial charge in [-0.2, -0.15) is 13.1 Å². The number of amides is 1. The summed E-state index contributed by atoms with van der Waals surface area (Å²) in [5.41, 5.74) is 1.72. The van der Waals surface area contributed by atoms with Gasteiger partial charge >= 0.3 is 10.3 Å². The number of carbonyl (C=O) groups excluding carboxylic acids is 1. The topological polar surface area (TPSA) is 97.4 Å². The molecule has 0 spiro atoms. The van der Waals surface area contributed by atoms with E-state index >= 15 is 0 Å². The van der Waals surface area contributed by atoms with Gasteiger partial charge in [0.25, 0.3) is 5.91 Å². The molecule has 136 valence electrons. The van der Waals surface area contributed by atoms with Crippen LogP contribution in [0.1, 0.15) is 16.1 Å². The molecule has 0 aliphatic heterocycles. The lowest BCUT2D eigenvalue weighted by molar-refractivity contribution is -0.118. The number of carbonyl (C=O) groups is 1. The molecule has 0 fully saturated rings. The number of nitrogens with one attached hydrogen (secondary N) is 2. The summed E-state index contributed by atoms with van der Waals surface area (Å²) in [4.78, 5) is 16.9. The molecule has 1 aromatic carbocycles. The van der Waals surface area contributed by atoms with Gasteiger partial charge in [0.05, 0.1) is 15.7 Å². The standard InChI is InChI=1S/C14H15Cl2N3O4S2/c1-8-12(6-9-3-4-10(15)11(16)5-9)24-14(18-8)19-13(20)7-23-25(21,22)17-2/h3-5,17H,6-7H2,1-2H3,(H,18,19,20). The van der Waals surface area contributed by atoms with Gasteiger partial charge in [-0.15, -0.1) is 11.3 Å². The number of nitrogens with zero attached hydrogens (tertiary/aromatic N) is 1. The summed E-state index contributed by atoms with van der Waals surface area (Å²) >= 11 is 13.2. The zero-order valence-corrected chi connectivity index (χ0v) is 16.4. The van der Waals surface area contributed by atoms with Crippen molar-refractivity contribution in [3.05, 3.63) is 44.4 Å². The van der Waals surface area contributed by atoms with Gasteiger partial charge in [-0.3, -0.25) is 10.1 Å². The lowest BCUT2D eigenvalue weighted by atomic mass is 10.1. The van der Waals surface area contributed by atoms with Crippen molar-refractivity contribution in [1.82, 2.24) is 9.71 Å². The van der Waals surface area contributed by atoms with Gasteiger partial charge in [0.15, 0.2) is 5.13 Å². The Bertz CT molecular complexity index is 884. The monoisotopic (exact) mass is 423 g/mol. The Labute approximate surface area is 159 Å². The summed E-state index contributed by atoms with van der Waals surface area (Å²) in [6.07, 6.45) is 0.584. The van der Waals surface area contributed by atoms with Gasteiger partial charge in [-0.05, 0) is 24.6 Å². The van der Waals surface area contributed by atoms with E-state index in [-0.39, 0.29) is 0 Å². The number of anilines is 1. The molecule has 0 unspecified atom stereocenters. The van der Waals surface area contributed by atoms with E-state index < -0.39 is 22.8 Å². The Morgan fingerprint density at radius 2 is 2.04 bits per heavy atom. The van der Waals surface area contributed by atoms with E-state index in [2.05, 4.69) is 14.5 Å². The summed E-state index contributed by atoms with van der Waals surface area (Å²) in [7, 11) is -2.72. The minimum atomic E-state index is -3.91. The normalized spacial score (nSPS) is 11.5. The van der Waals surface area contributed by atoms with E-state index in [1.807, 2.05) is 17.7 Å². The lowest BCUT2D eigenvalue weighted by Gasteiger charge is -2.03. The molecule has 7 nitrogen and oxygen atoms in total. The second-order valence-electron chi connectivity index (χ2n) is 4.92. The number of halogens is 2. The molecule has 0 aliphatic rings. The minimum Gasteiger partial charge on any atom is -0.300 e. The number of aryl methyl sites for hydroxylation is 1. The average molecular weight is 424 g/mol. The van der Waals surface area contributed by atoms with Gasteiger partial charge in [-0.25, -0.2) is 9.17 Å². The van der Waals surface area contributed by atoms with Crippen molar-refractivity contribution in [2.45, 2.75) is 13.3 Å².